The average molecular weight is 517 g/mol. The molecule has 7 rings (SSSR count). The Morgan fingerprint density at radius 1 is 0.973 bits per heavy atom. The fourth-order valence-electron chi connectivity index (χ4n) is 5.44. The summed E-state index contributed by atoms with van der Waals surface area (Å²) in [6, 6.07) is 18.8. The second-order valence-electron chi connectivity index (χ2n) is 9.79. The van der Waals surface area contributed by atoms with Crippen molar-refractivity contribution >= 4 is 28.7 Å². The van der Waals surface area contributed by atoms with Gasteiger partial charge in [0.1, 0.15) is 6.10 Å². The number of halogens is 1. The quantitative estimate of drug-likeness (QED) is 0.406. The van der Waals surface area contributed by atoms with Crippen molar-refractivity contribution < 1.29 is 19.0 Å². The lowest BCUT2D eigenvalue weighted by molar-refractivity contribution is -0.119. The number of aromatic nitrogens is 3. The van der Waals surface area contributed by atoms with Crippen LogP contribution in [-0.2, 0) is 14.3 Å². The maximum absolute atomic E-state index is 11.5. The number of imidazole rings is 1. The van der Waals surface area contributed by atoms with Gasteiger partial charge >= 0.3 is 0 Å². The summed E-state index contributed by atoms with van der Waals surface area (Å²) in [5, 5.41) is 3.43. The van der Waals surface area contributed by atoms with Gasteiger partial charge in [-0.15, -0.1) is 0 Å². The van der Waals surface area contributed by atoms with Crippen LogP contribution in [0.3, 0.4) is 0 Å². The first kappa shape index (κ1) is 22.7. The molecule has 3 fully saturated rings. The Kier molecular flexibility index (Phi) is 5.61. The summed E-state index contributed by atoms with van der Waals surface area (Å²) in [5.41, 5.74) is 6.20. The number of pyridine rings is 1. The first-order valence-electron chi connectivity index (χ1n) is 12.5. The highest BCUT2D eigenvalue weighted by Crippen LogP contribution is 2.33. The number of aromatic amines is 1. The Hall–Kier alpha value is -3.46. The van der Waals surface area contributed by atoms with E-state index in [-0.39, 0.29) is 30.1 Å². The zero-order valence-corrected chi connectivity index (χ0v) is 20.7. The summed E-state index contributed by atoms with van der Waals surface area (Å²) in [6.45, 7) is 1.89. The fraction of sp³-hybridized carbons (Fsp3) is 0.321. The number of hydrogen-bond acceptors (Lipinski definition) is 6. The number of fused-ring (bicyclic) bond motifs is 2. The van der Waals surface area contributed by atoms with Crippen molar-refractivity contribution in [3.05, 3.63) is 65.2 Å². The summed E-state index contributed by atoms with van der Waals surface area (Å²) in [6.07, 6.45) is 1.31. The largest absolute Gasteiger partial charge is 0.456 e. The summed E-state index contributed by atoms with van der Waals surface area (Å²) >= 11 is 6.62. The SMILES string of the molecule is O=C1CC(c2ccc(-c3ccc(-c4nc5nc(OC6COC7CCOC76)[nH]c5cc4Cl)cc3)cc2)CN1. The normalized spacial score (nSPS) is 24.9. The van der Waals surface area contributed by atoms with Gasteiger partial charge in [-0.05, 0) is 29.2 Å². The van der Waals surface area contributed by atoms with Gasteiger partial charge in [0, 0.05) is 31.1 Å². The van der Waals surface area contributed by atoms with Gasteiger partial charge in [-0.1, -0.05) is 60.1 Å². The van der Waals surface area contributed by atoms with Crippen molar-refractivity contribution in [3.63, 3.8) is 0 Å². The topological polar surface area (TPSA) is 98.4 Å². The number of H-pyrrole nitrogens is 1. The van der Waals surface area contributed by atoms with Crippen molar-refractivity contribution in [1.29, 1.82) is 0 Å². The second kappa shape index (κ2) is 9.13. The van der Waals surface area contributed by atoms with Crippen molar-refractivity contribution in [2.45, 2.75) is 37.1 Å². The van der Waals surface area contributed by atoms with Gasteiger partial charge in [0.25, 0.3) is 6.01 Å². The van der Waals surface area contributed by atoms with Crippen molar-refractivity contribution in [2.75, 3.05) is 19.8 Å². The lowest BCUT2D eigenvalue weighted by atomic mass is 9.95. The molecule has 4 unspecified atom stereocenters. The van der Waals surface area contributed by atoms with Crippen molar-refractivity contribution in [2.24, 2.45) is 0 Å². The van der Waals surface area contributed by atoms with Gasteiger partial charge in [-0.3, -0.25) is 4.79 Å². The minimum absolute atomic E-state index is 0.0565. The van der Waals surface area contributed by atoms with E-state index in [1.165, 1.54) is 5.56 Å². The molecule has 2 aromatic heterocycles. The van der Waals surface area contributed by atoms with Crippen LogP contribution in [0.1, 0.15) is 24.3 Å². The van der Waals surface area contributed by atoms with E-state index in [0.717, 1.165) is 23.1 Å². The minimum Gasteiger partial charge on any atom is -0.456 e. The Balaban J connectivity index is 1.10. The summed E-state index contributed by atoms with van der Waals surface area (Å²) in [4.78, 5) is 24.0. The molecule has 0 bridgehead atoms. The third-order valence-electron chi connectivity index (χ3n) is 7.44. The molecule has 37 heavy (non-hydrogen) atoms. The van der Waals surface area contributed by atoms with E-state index in [1.807, 2.05) is 18.2 Å². The first-order valence-corrected chi connectivity index (χ1v) is 12.9. The molecule has 0 radical (unpaired) electrons. The van der Waals surface area contributed by atoms with Gasteiger partial charge in [-0.25, -0.2) is 4.98 Å². The van der Waals surface area contributed by atoms with Crippen LogP contribution >= 0.6 is 11.6 Å². The number of ether oxygens (including phenoxy) is 3. The van der Waals surface area contributed by atoms with Crippen LogP contribution < -0.4 is 10.1 Å². The highest BCUT2D eigenvalue weighted by atomic mass is 35.5. The number of nitrogens with one attached hydrogen (secondary N) is 2. The van der Waals surface area contributed by atoms with E-state index in [9.17, 15) is 4.79 Å². The molecule has 0 aliphatic carbocycles. The van der Waals surface area contributed by atoms with Gasteiger partial charge in [0.2, 0.25) is 5.91 Å². The molecule has 0 spiro atoms. The number of nitrogens with zero attached hydrogens (tertiary/aromatic N) is 2. The molecular weight excluding hydrogens is 492 g/mol. The predicted molar refractivity (Wildman–Crippen MR) is 139 cm³/mol. The third kappa shape index (κ3) is 4.25. The monoisotopic (exact) mass is 516 g/mol. The van der Waals surface area contributed by atoms with E-state index in [1.54, 1.807) is 0 Å². The molecule has 2 aromatic carbocycles. The van der Waals surface area contributed by atoms with Crippen molar-refractivity contribution in [1.82, 2.24) is 20.3 Å². The number of hydrogen-bond donors (Lipinski definition) is 2. The van der Waals surface area contributed by atoms with E-state index in [4.69, 9.17) is 30.8 Å². The molecular formula is C28H25ClN4O4. The number of carbonyl (C=O) groups is 1. The van der Waals surface area contributed by atoms with Gasteiger partial charge in [0.15, 0.2) is 11.8 Å². The molecule has 0 saturated carbocycles. The molecule has 4 aromatic rings. The van der Waals surface area contributed by atoms with E-state index >= 15 is 0 Å². The number of benzene rings is 2. The lowest BCUT2D eigenvalue weighted by Gasteiger charge is -2.15. The Bertz CT molecular complexity index is 1470. The van der Waals surface area contributed by atoms with Crippen LogP contribution in [0, 0.1) is 0 Å². The minimum atomic E-state index is -0.193. The molecule has 2 N–H and O–H groups in total. The molecule has 3 aliphatic heterocycles. The molecule has 3 saturated heterocycles. The molecule has 5 heterocycles. The molecule has 1 amide bonds. The second-order valence-corrected chi connectivity index (χ2v) is 10.2. The maximum Gasteiger partial charge on any atom is 0.296 e. The molecule has 8 nitrogen and oxygen atoms in total. The highest BCUT2D eigenvalue weighted by molar-refractivity contribution is 6.33. The number of rotatable bonds is 5. The molecule has 188 valence electrons. The predicted octanol–water partition coefficient (Wildman–Crippen LogP) is 4.48. The maximum atomic E-state index is 11.5. The average Bonchev–Trinajstić information content (AvgIpc) is 3.70. The Labute approximate surface area is 218 Å². The van der Waals surface area contributed by atoms with Crippen LogP contribution in [0.15, 0.2) is 54.6 Å². The van der Waals surface area contributed by atoms with Crippen LogP contribution in [0.2, 0.25) is 5.02 Å². The molecule has 3 aliphatic rings. The van der Waals surface area contributed by atoms with E-state index in [0.29, 0.717) is 54.1 Å². The third-order valence-corrected chi connectivity index (χ3v) is 7.73. The first-order chi connectivity index (χ1) is 18.1. The number of carbonyl (C=O) groups excluding carboxylic acids is 1. The van der Waals surface area contributed by atoms with Gasteiger partial charge in [-0.2, -0.15) is 4.98 Å². The fourth-order valence-corrected chi connectivity index (χ4v) is 5.70. The molecule has 9 heteroatoms. The summed E-state index contributed by atoms with van der Waals surface area (Å²) < 4.78 is 17.6. The van der Waals surface area contributed by atoms with Crippen LogP contribution in [0.4, 0.5) is 0 Å². The van der Waals surface area contributed by atoms with Crippen LogP contribution in [0.25, 0.3) is 33.5 Å². The highest BCUT2D eigenvalue weighted by Gasteiger charge is 2.43. The lowest BCUT2D eigenvalue weighted by Crippen LogP contribution is -2.32. The zero-order valence-electron chi connectivity index (χ0n) is 19.9. The van der Waals surface area contributed by atoms with E-state index in [2.05, 4.69) is 51.7 Å². The molecule has 4 atom stereocenters. The summed E-state index contributed by atoms with van der Waals surface area (Å²) in [5.74, 6) is 0.369. The smallest absolute Gasteiger partial charge is 0.296 e. The van der Waals surface area contributed by atoms with E-state index < -0.39 is 0 Å². The number of amides is 1. The Morgan fingerprint density at radius 2 is 1.73 bits per heavy atom. The van der Waals surface area contributed by atoms with Gasteiger partial charge in [0.05, 0.1) is 28.9 Å². The standard InChI is InChI=1S/C28H25ClN4O4/c29-20-12-21-27(33-28(31-21)37-23-14-36-22-9-10-35-26(22)23)32-25(20)18-7-5-16(6-8-18)15-1-3-17(4-2-15)19-11-24(34)30-13-19/h1-8,12,19,22-23,26H,9-11,13-14H2,(H,30,34)(H,31,32,33). The van der Waals surface area contributed by atoms with Gasteiger partial charge < -0.3 is 24.5 Å². The summed E-state index contributed by atoms with van der Waals surface area (Å²) in [7, 11) is 0. The zero-order chi connectivity index (χ0) is 24.9. The Morgan fingerprint density at radius 3 is 2.49 bits per heavy atom. The van der Waals surface area contributed by atoms with Crippen molar-refractivity contribution in [3.8, 4) is 28.4 Å². The van der Waals surface area contributed by atoms with Crippen LogP contribution in [-0.4, -0.2) is 58.9 Å². The van der Waals surface area contributed by atoms with Crippen LogP contribution in [0.5, 0.6) is 6.01 Å².